The van der Waals surface area contributed by atoms with Crippen LogP contribution in [0.2, 0.25) is 0 Å². The van der Waals surface area contributed by atoms with E-state index >= 15 is 0 Å². The van der Waals surface area contributed by atoms with Crippen molar-refractivity contribution >= 4 is 43.6 Å². The van der Waals surface area contributed by atoms with Crippen molar-refractivity contribution in [1.82, 2.24) is 29.5 Å². The van der Waals surface area contributed by atoms with Gasteiger partial charge in [-0.25, -0.2) is 4.85 Å². The number of thiophene rings is 2. The van der Waals surface area contributed by atoms with Crippen molar-refractivity contribution < 1.29 is 9.47 Å². The van der Waals surface area contributed by atoms with Gasteiger partial charge in [-0.05, 0) is 64.9 Å². The summed E-state index contributed by atoms with van der Waals surface area (Å²) >= 11 is 6.97. The molecule has 2 aromatic carbocycles. The van der Waals surface area contributed by atoms with Crippen LogP contribution < -0.4 is 0 Å². The number of benzene rings is 2. The molecule has 0 N–H and O–H groups in total. The Labute approximate surface area is 277 Å². The van der Waals surface area contributed by atoms with Gasteiger partial charge in [0.15, 0.2) is 11.6 Å². The fraction of sp³-hybridized carbons (Fsp3) is 0.242. The first-order chi connectivity index (χ1) is 22.0. The normalized spacial score (nSPS) is 13.3. The van der Waals surface area contributed by atoms with E-state index in [1.807, 2.05) is 42.7 Å². The Morgan fingerprint density at radius 1 is 0.711 bits per heavy atom. The van der Waals surface area contributed by atoms with E-state index in [4.69, 9.17) is 16.0 Å². The van der Waals surface area contributed by atoms with Crippen molar-refractivity contribution in [2.45, 2.75) is 53.1 Å². The van der Waals surface area contributed by atoms with Gasteiger partial charge >= 0.3 is 0 Å². The molecule has 0 saturated heterocycles. The average Bonchev–Trinajstić information content (AvgIpc) is 3.72. The lowest BCUT2D eigenvalue weighted by molar-refractivity contribution is 0.104. The van der Waals surface area contributed by atoms with Gasteiger partial charge in [-0.3, -0.25) is 9.13 Å². The molecule has 0 bridgehead atoms. The summed E-state index contributed by atoms with van der Waals surface area (Å²) in [6.07, 6.45) is 1.64. The minimum Gasteiger partial charge on any atom is -0.369 e. The summed E-state index contributed by atoms with van der Waals surface area (Å²) < 4.78 is 16.9. The van der Waals surface area contributed by atoms with Crippen molar-refractivity contribution in [2.24, 2.45) is 0 Å². The zero-order chi connectivity index (χ0) is 30.9. The van der Waals surface area contributed by atoms with E-state index in [-0.39, 0.29) is 0 Å². The van der Waals surface area contributed by atoms with E-state index in [0.29, 0.717) is 26.4 Å². The van der Waals surface area contributed by atoms with Crippen LogP contribution in [0.3, 0.4) is 0 Å². The summed E-state index contributed by atoms with van der Waals surface area (Å²) in [6, 6.07) is 20.7. The van der Waals surface area contributed by atoms with Gasteiger partial charge < -0.3 is 9.47 Å². The fourth-order valence-corrected chi connectivity index (χ4v) is 8.80. The number of aryl methyl sites for hydroxylation is 2. The molecule has 45 heavy (non-hydrogen) atoms. The number of aromatic nitrogens is 6. The molecular weight excluding hydrogens is 670 g/mol. The van der Waals surface area contributed by atoms with E-state index < -0.39 is 0 Å². The molecule has 226 valence electrons. The molecule has 6 heterocycles. The predicted octanol–water partition coefficient (Wildman–Crippen LogP) is 7.83. The minimum absolute atomic E-state index is 0.445. The Hall–Kier alpha value is -3.99. The maximum atomic E-state index is 7.54. The molecule has 4 aromatic heterocycles. The number of hydrogen-bond donors (Lipinski definition) is 0. The van der Waals surface area contributed by atoms with Gasteiger partial charge in [0, 0.05) is 11.1 Å². The SMILES string of the molecule is Cc1nnc2n1-c1sc(Br)c(Cc3ccccc3)c1COC2.[C-]#[N+]c1sc2c(c1Cc1ccccc1)COCc1nnc(C)n1-2. The largest absolute Gasteiger partial charge is 0.369 e. The summed E-state index contributed by atoms with van der Waals surface area (Å²) in [5, 5.41) is 19.7. The highest BCUT2D eigenvalue weighted by molar-refractivity contribution is 9.11. The van der Waals surface area contributed by atoms with Gasteiger partial charge in [-0.2, -0.15) is 0 Å². The molecule has 0 spiro atoms. The second-order valence-electron chi connectivity index (χ2n) is 10.7. The molecule has 0 radical (unpaired) electrons. The Kier molecular flexibility index (Phi) is 8.44. The van der Waals surface area contributed by atoms with Gasteiger partial charge in [0.2, 0.25) is 5.00 Å². The second kappa shape index (κ2) is 12.8. The van der Waals surface area contributed by atoms with Crippen molar-refractivity contribution in [2.75, 3.05) is 0 Å². The molecule has 9 nitrogen and oxygen atoms in total. The van der Waals surface area contributed by atoms with Gasteiger partial charge in [0.05, 0.1) is 28.6 Å². The average molecular weight is 699 g/mol. The fourth-order valence-electron chi connectivity index (χ4n) is 5.65. The third-order valence-corrected chi connectivity index (χ3v) is 11.0. The van der Waals surface area contributed by atoms with Crippen LogP contribution in [0.15, 0.2) is 64.5 Å². The predicted molar refractivity (Wildman–Crippen MR) is 177 cm³/mol. The molecule has 12 heteroatoms. The summed E-state index contributed by atoms with van der Waals surface area (Å²) in [7, 11) is 0. The monoisotopic (exact) mass is 697 g/mol. The van der Waals surface area contributed by atoms with Gasteiger partial charge in [0.1, 0.15) is 29.9 Å². The first-order valence-corrected chi connectivity index (χ1v) is 16.8. The number of nitrogens with zero attached hydrogens (tertiary/aromatic N) is 7. The van der Waals surface area contributed by atoms with Crippen LogP contribution in [0.5, 0.6) is 0 Å². The number of rotatable bonds is 4. The van der Waals surface area contributed by atoms with E-state index in [2.05, 4.69) is 82.1 Å². The molecule has 0 fully saturated rings. The van der Waals surface area contributed by atoms with Crippen LogP contribution in [0.1, 0.15) is 56.7 Å². The highest BCUT2D eigenvalue weighted by atomic mass is 79.9. The lowest BCUT2D eigenvalue weighted by Crippen LogP contribution is -2.00. The van der Waals surface area contributed by atoms with E-state index in [9.17, 15) is 0 Å². The maximum absolute atomic E-state index is 7.54. The zero-order valence-corrected chi connectivity index (χ0v) is 27.9. The number of halogens is 1. The van der Waals surface area contributed by atoms with Crippen LogP contribution in [0, 0.1) is 20.4 Å². The summed E-state index contributed by atoms with van der Waals surface area (Å²) in [6.45, 7) is 13.5. The molecule has 0 atom stereocenters. The molecule has 0 saturated carbocycles. The molecule has 0 amide bonds. The Balaban J connectivity index is 0.000000145. The topological polar surface area (TPSA) is 84.2 Å². The van der Waals surface area contributed by atoms with Crippen molar-refractivity contribution in [3.05, 3.63) is 133 Å². The van der Waals surface area contributed by atoms with Crippen LogP contribution in [-0.2, 0) is 48.7 Å². The number of fused-ring (bicyclic) bond motifs is 6. The van der Waals surface area contributed by atoms with Crippen LogP contribution in [-0.4, -0.2) is 29.5 Å². The Bertz CT molecular complexity index is 2020. The maximum Gasteiger partial charge on any atom is 0.246 e. The third kappa shape index (κ3) is 5.78. The lowest BCUT2D eigenvalue weighted by atomic mass is 10.0. The van der Waals surface area contributed by atoms with Gasteiger partial charge in [-0.1, -0.05) is 60.7 Å². The summed E-state index contributed by atoms with van der Waals surface area (Å²) in [5.74, 6) is 3.40. The van der Waals surface area contributed by atoms with Gasteiger partial charge in [-0.15, -0.1) is 43.1 Å². The second-order valence-corrected chi connectivity index (χ2v) is 14.0. The smallest absolute Gasteiger partial charge is 0.246 e. The molecule has 0 unspecified atom stereocenters. The Morgan fingerprint density at radius 3 is 1.73 bits per heavy atom. The third-order valence-electron chi connectivity index (χ3n) is 7.81. The van der Waals surface area contributed by atoms with Crippen molar-refractivity contribution in [3.63, 3.8) is 0 Å². The molecule has 2 aliphatic heterocycles. The molecule has 8 rings (SSSR count). The van der Waals surface area contributed by atoms with E-state index in [0.717, 1.165) is 61.1 Å². The number of hydrogen-bond acceptors (Lipinski definition) is 8. The molecule has 0 aliphatic carbocycles. The zero-order valence-electron chi connectivity index (χ0n) is 24.7. The van der Waals surface area contributed by atoms with Crippen LogP contribution in [0.25, 0.3) is 14.8 Å². The highest BCUT2D eigenvalue weighted by Crippen LogP contribution is 2.42. The summed E-state index contributed by atoms with van der Waals surface area (Å²) in [4.78, 5) is 3.75. The Morgan fingerprint density at radius 2 is 1.20 bits per heavy atom. The molecule has 6 aromatic rings. The summed E-state index contributed by atoms with van der Waals surface area (Å²) in [5.41, 5.74) is 7.19. The van der Waals surface area contributed by atoms with E-state index in [1.165, 1.54) is 38.6 Å². The van der Waals surface area contributed by atoms with Crippen LogP contribution in [0.4, 0.5) is 5.00 Å². The quantitative estimate of drug-likeness (QED) is 0.175. The first-order valence-electron chi connectivity index (χ1n) is 14.4. The first kappa shape index (κ1) is 29.7. The van der Waals surface area contributed by atoms with Gasteiger partial charge in [0.25, 0.3) is 0 Å². The highest BCUT2D eigenvalue weighted by Gasteiger charge is 2.27. The van der Waals surface area contributed by atoms with Crippen molar-refractivity contribution in [3.8, 4) is 10.0 Å². The lowest BCUT2D eigenvalue weighted by Gasteiger charge is -2.07. The molecule has 2 aliphatic rings. The van der Waals surface area contributed by atoms with Crippen LogP contribution >= 0.6 is 38.6 Å². The minimum atomic E-state index is 0.445. The molecular formula is C33H28BrN7O2S2. The van der Waals surface area contributed by atoms with Crippen molar-refractivity contribution in [1.29, 1.82) is 0 Å². The standard InChI is InChI=1S/C17H14N4OS.C16H14BrN3OS/c1-11-19-20-15-10-22-9-14-13(8-12-6-4-3-5-7-12)16(18-2)23-17(14)21(11)15;1-10-18-19-14-9-21-8-13-12(7-11-5-3-2-4-6-11)15(17)22-16(13)20(10)14/h3-7H,8-10H2,1H3;2-6H,7-9H2,1H3. The number of ether oxygens (including phenoxy) is 2. The van der Waals surface area contributed by atoms with E-state index in [1.54, 1.807) is 11.3 Å².